The Morgan fingerprint density at radius 2 is 1.83 bits per heavy atom. The van der Waals surface area contributed by atoms with Crippen LogP contribution in [0.2, 0.25) is 0 Å². The zero-order valence-electron chi connectivity index (χ0n) is 16.7. The van der Waals surface area contributed by atoms with Crippen molar-refractivity contribution in [2.45, 2.75) is 18.7 Å². The SMILES string of the molecule is CCN(CC)S(=O)(=O)c1cc(C(=O)N(C)c2nc3ccccc3s2)ccc1OC. The first kappa shape index (κ1) is 21.2. The van der Waals surface area contributed by atoms with Gasteiger partial charge in [0.1, 0.15) is 10.6 Å². The highest BCUT2D eigenvalue weighted by Gasteiger charge is 2.28. The third kappa shape index (κ3) is 3.98. The largest absolute Gasteiger partial charge is 0.495 e. The summed E-state index contributed by atoms with van der Waals surface area (Å²) in [5, 5.41) is 0.542. The number of carbonyl (C=O) groups excluding carboxylic acids is 1. The van der Waals surface area contributed by atoms with E-state index in [9.17, 15) is 13.2 Å². The number of anilines is 1. The van der Waals surface area contributed by atoms with Crippen LogP contribution in [0, 0.1) is 0 Å². The molecular weight excluding hydrogens is 410 g/mol. The number of fused-ring (bicyclic) bond motifs is 1. The molecule has 1 heterocycles. The summed E-state index contributed by atoms with van der Waals surface area (Å²) in [6.45, 7) is 4.18. The predicted molar refractivity (Wildman–Crippen MR) is 115 cm³/mol. The fourth-order valence-electron chi connectivity index (χ4n) is 3.00. The molecule has 3 aromatic rings. The van der Waals surface area contributed by atoms with Crippen LogP contribution in [0.15, 0.2) is 47.4 Å². The lowest BCUT2D eigenvalue weighted by molar-refractivity contribution is 0.0992. The number of methoxy groups -OCH3 is 1. The van der Waals surface area contributed by atoms with Gasteiger partial charge in [0.15, 0.2) is 5.13 Å². The summed E-state index contributed by atoms with van der Waals surface area (Å²) in [5.41, 5.74) is 1.06. The van der Waals surface area contributed by atoms with Crippen molar-refractivity contribution in [2.24, 2.45) is 0 Å². The van der Waals surface area contributed by atoms with Crippen molar-refractivity contribution in [3.8, 4) is 5.75 Å². The maximum atomic E-state index is 13.1. The van der Waals surface area contributed by atoms with Gasteiger partial charge in [-0.3, -0.25) is 9.69 Å². The van der Waals surface area contributed by atoms with E-state index in [4.69, 9.17) is 4.74 Å². The monoisotopic (exact) mass is 433 g/mol. The van der Waals surface area contributed by atoms with Gasteiger partial charge in [0, 0.05) is 25.7 Å². The molecule has 3 rings (SSSR count). The molecule has 0 unspecified atom stereocenters. The zero-order chi connectivity index (χ0) is 21.2. The molecule has 0 saturated heterocycles. The highest BCUT2D eigenvalue weighted by molar-refractivity contribution is 7.89. The molecule has 0 bridgehead atoms. The molecule has 0 spiro atoms. The molecule has 0 fully saturated rings. The summed E-state index contributed by atoms with van der Waals surface area (Å²) in [6, 6.07) is 12.1. The Bertz CT molecular complexity index is 1100. The second kappa shape index (κ2) is 8.48. The van der Waals surface area contributed by atoms with Gasteiger partial charge in [0.2, 0.25) is 10.0 Å². The third-order valence-corrected chi connectivity index (χ3v) is 7.79. The minimum Gasteiger partial charge on any atom is -0.495 e. The lowest BCUT2D eigenvalue weighted by atomic mass is 10.2. The predicted octanol–water partition coefficient (Wildman–Crippen LogP) is 3.61. The number of benzene rings is 2. The van der Waals surface area contributed by atoms with E-state index in [1.807, 2.05) is 24.3 Å². The van der Waals surface area contributed by atoms with Crippen molar-refractivity contribution in [1.29, 1.82) is 0 Å². The first-order valence-electron chi connectivity index (χ1n) is 9.15. The Hall–Kier alpha value is -2.49. The van der Waals surface area contributed by atoms with Crippen LogP contribution in [0.25, 0.3) is 10.2 Å². The topological polar surface area (TPSA) is 79.8 Å². The maximum Gasteiger partial charge on any atom is 0.259 e. The van der Waals surface area contributed by atoms with Crippen molar-refractivity contribution in [3.05, 3.63) is 48.0 Å². The first-order chi connectivity index (χ1) is 13.8. The van der Waals surface area contributed by atoms with Gasteiger partial charge in [-0.15, -0.1) is 0 Å². The number of hydrogen-bond acceptors (Lipinski definition) is 6. The summed E-state index contributed by atoms with van der Waals surface area (Å²) in [5.74, 6) is -0.140. The third-order valence-electron chi connectivity index (χ3n) is 4.61. The van der Waals surface area contributed by atoms with E-state index in [1.54, 1.807) is 27.0 Å². The summed E-state index contributed by atoms with van der Waals surface area (Å²) in [6.07, 6.45) is 0. The van der Waals surface area contributed by atoms with Crippen LogP contribution in [-0.2, 0) is 10.0 Å². The van der Waals surface area contributed by atoms with Crippen molar-refractivity contribution >= 4 is 42.6 Å². The van der Waals surface area contributed by atoms with Gasteiger partial charge in [0.05, 0.1) is 17.3 Å². The first-order valence-corrected chi connectivity index (χ1v) is 11.4. The Kier molecular flexibility index (Phi) is 6.21. The summed E-state index contributed by atoms with van der Waals surface area (Å²) in [7, 11) is -0.750. The highest BCUT2D eigenvalue weighted by atomic mass is 32.2. The van der Waals surface area contributed by atoms with E-state index in [0.717, 1.165) is 10.2 Å². The highest BCUT2D eigenvalue weighted by Crippen LogP contribution is 2.31. The van der Waals surface area contributed by atoms with Crippen LogP contribution in [-0.4, -0.2) is 50.9 Å². The zero-order valence-corrected chi connectivity index (χ0v) is 18.4. The van der Waals surface area contributed by atoms with Gasteiger partial charge in [-0.2, -0.15) is 4.31 Å². The summed E-state index contributed by atoms with van der Waals surface area (Å²) >= 11 is 1.40. The van der Waals surface area contributed by atoms with E-state index in [-0.39, 0.29) is 22.1 Å². The molecule has 0 saturated carbocycles. The number of ether oxygens (including phenoxy) is 1. The molecule has 0 aliphatic rings. The molecule has 0 atom stereocenters. The van der Waals surface area contributed by atoms with Crippen LogP contribution in [0.5, 0.6) is 5.75 Å². The molecule has 0 N–H and O–H groups in total. The fourth-order valence-corrected chi connectivity index (χ4v) is 5.56. The number of rotatable bonds is 7. The minimum absolute atomic E-state index is 0.0211. The fraction of sp³-hybridized carbons (Fsp3) is 0.300. The van der Waals surface area contributed by atoms with Crippen LogP contribution in [0.3, 0.4) is 0 Å². The molecule has 2 aromatic carbocycles. The average molecular weight is 434 g/mol. The van der Waals surface area contributed by atoms with Gasteiger partial charge in [-0.1, -0.05) is 37.3 Å². The number of sulfonamides is 1. The minimum atomic E-state index is -3.79. The van der Waals surface area contributed by atoms with Gasteiger partial charge in [0.25, 0.3) is 5.91 Å². The Morgan fingerprint density at radius 1 is 1.14 bits per heavy atom. The molecule has 154 valence electrons. The van der Waals surface area contributed by atoms with Gasteiger partial charge in [-0.05, 0) is 30.3 Å². The molecule has 0 radical (unpaired) electrons. The number of nitrogens with zero attached hydrogens (tertiary/aromatic N) is 3. The van der Waals surface area contributed by atoms with Gasteiger partial charge >= 0.3 is 0 Å². The number of aromatic nitrogens is 1. The Balaban J connectivity index is 2.01. The van der Waals surface area contributed by atoms with Crippen LogP contribution >= 0.6 is 11.3 Å². The van der Waals surface area contributed by atoms with Crippen LogP contribution in [0.4, 0.5) is 5.13 Å². The number of carbonyl (C=O) groups is 1. The molecule has 29 heavy (non-hydrogen) atoms. The average Bonchev–Trinajstić information content (AvgIpc) is 3.17. The van der Waals surface area contributed by atoms with E-state index >= 15 is 0 Å². The number of amides is 1. The van der Waals surface area contributed by atoms with Crippen LogP contribution < -0.4 is 9.64 Å². The second-order valence-electron chi connectivity index (χ2n) is 6.28. The van der Waals surface area contributed by atoms with E-state index in [1.165, 1.54) is 39.8 Å². The van der Waals surface area contributed by atoms with Crippen molar-refractivity contribution in [1.82, 2.24) is 9.29 Å². The molecular formula is C20H23N3O4S2. The Labute approximate surface area is 174 Å². The smallest absolute Gasteiger partial charge is 0.259 e. The van der Waals surface area contributed by atoms with Crippen molar-refractivity contribution in [3.63, 3.8) is 0 Å². The lowest BCUT2D eigenvalue weighted by Gasteiger charge is -2.21. The lowest BCUT2D eigenvalue weighted by Crippen LogP contribution is -2.31. The number of thiazole rings is 1. The van der Waals surface area contributed by atoms with E-state index in [2.05, 4.69) is 4.98 Å². The molecule has 0 aliphatic carbocycles. The number of hydrogen-bond donors (Lipinski definition) is 0. The molecule has 9 heteroatoms. The van der Waals surface area contributed by atoms with E-state index < -0.39 is 10.0 Å². The number of para-hydroxylation sites is 1. The van der Waals surface area contributed by atoms with Gasteiger partial charge in [-0.25, -0.2) is 13.4 Å². The van der Waals surface area contributed by atoms with E-state index in [0.29, 0.717) is 18.2 Å². The second-order valence-corrected chi connectivity index (χ2v) is 9.20. The van der Waals surface area contributed by atoms with Gasteiger partial charge < -0.3 is 4.74 Å². The molecule has 7 nitrogen and oxygen atoms in total. The quantitative estimate of drug-likeness (QED) is 0.569. The summed E-state index contributed by atoms with van der Waals surface area (Å²) < 4.78 is 33.6. The normalized spacial score (nSPS) is 11.8. The molecule has 0 aliphatic heterocycles. The maximum absolute atomic E-state index is 13.1. The van der Waals surface area contributed by atoms with Crippen LogP contribution in [0.1, 0.15) is 24.2 Å². The van der Waals surface area contributed by atoms with Crippen molar-refractivity contribution in [2.75, 3.05) is 32.1 Å². The standard InChI is InChI=1S/C20H23N3O4S2/c1-5-23(6-2)29(25,26)18-13-14(11-12-16(18)27-4)19(24)22(3)20-21-15-9-7-8-10-17(15)28-20/h7-13H,5-6H2,1-4H3. The van der Waals surface area contributed by atoms with Crippen molar-refractivity contribution < 1.29 is 17.9 Å². The Morgan fingerprint density at radius 3 is 2.45 bits per heavy atom. The molecule has 1 aromatic heterocycles. The summed E-state index contributed by atoms with van der Waals surface area (Å²) in [4.78, 5) is 19.0. The molecule has 1 amide bonds.